The molecular weight excluding hydrogens is 941 g/mol. The molecule has 0 spiro atoms. The van der Waals surface area contributed by atoms with Crippen LogP contribution in [0.15, 0.2) is 237 Å². The third kappa shape index (κ3) is 8.43. The number of fused-ring (bicyclic) bond motifs is 3. The van der Waals surface area contributed by atoms with E-state index in [0.717, 1.165) is 22.6 Å². The van der Waals surface area contributed by atoms with Gasteiger partial charge < -0.3 is 9.47 Å². The van der Waals surface area contributed by atoms with E-state index in [1.54, 1.807) is 0 Å². The molecule has 13 rings (SSSR count). The van der Waals surface area contributed by atoms with Crippen LogP contribution >= 0.6 is 0 Å². The van der Waals surface area contributed by atoms with Crippen LogP contribution in [0.4, 0.5) is 17.1 Å². The zero-order valence-corrected chi connectivity index (χ0v) is 46.4. The highest BCUT2D eigenvalue weighted by atomic mass is 15.1. The Kier molecular flexibility index (Phi) is 11.6. The van der Waals surface area contributed by atoms with Crippen LogP contribution in [-0.4, -0.2) is 4.57 Å². The lowest BCUT2D eigenvalue weighted by Gasteiger charge is -2.32. The maximum absolute atomic E-state index is 2.57. The van der Waals surface area contributed by atoms with Crippen molar-refractivity contribution in [3.05, 3.63) is 253 Å². The molecule has 0 amide bonds. The van der Waals surface area contributed by atoms with E-state index in [9.17, 15) is 0 Å². The van der Waals surface area contributed by atoms with Crippen LogP contribution in [0.3, 0.4) is 0 Å². The van der Waals surface area contributed by atoms with Gasteiger partial charge in [0.1, 0.15) is 0 Å². The maximum Gasteiger partial charge on any atom is 0.0543 e. The summed E-state index contributed by atoms with van der Waals surface area (Å²) in [4.78, 5) is 2.57. The summed E-state index contributed by atoms with van der Waals surface area (Å²) in [5, 5.41) is 9.96. The van der Waals surface area contributed by atoms with Gasteiger partial charge in [-0.15, -0.1) is 0 Å². The molecule has 0 radical (unpaired) electrons. The zero-order chi connectivity index (χ0) is 53.7. The van der Waals surface area contributed by atoms with E-state index >= 15 is 0 Å². The van der Waals surface area contributed by atoms with E-state index in [4.69, 9.17) is 0 Å². The zero-order valence-electron chi connectivity index (χ0n) is 46.4. The molecule has 0 unspecified atom stereocenters. The highest BCUT2D eigenvalue weighted by Gasteiger charge is 2.27. The van der Waals surface area contributed by atoms with Crippen LogP contribution < -0.4 is 4.90 Å². The third-order valence-electron chi connectivity index (χ3n) is 16.4. The van der Waals surface area contributed by atoms with E-state index in [1.165, 1.54) is 115 Å². The fraction of sp³-hybridized carbons (Fsp3) is 0.158. The minimum absolute atomic E-state index is 0.0310. The average molecular weight is 1010 g/mol. The van der Waals surface area contributed by atoms with Crippen molar-refractivity contribution in [1.29, 1.82) is 0 Å². The number of para-hydroxylation sites is 2. The van der Waals surface area contributed by atoms with Gasteiger partial charge in [0.15, 0.2) is 0 Å². The van der Waals surface area contributed by atoms with Gasteiger partial charge in [0.25, 0.3) is 0 Å². The van der Waals surface area contributed by atoms with Crippen molar-refractivity contribution in [1.82, 2.24) is 4.57 Å². The molecule has 1 aromatic heterocycles. The molecular formula is C76H66N2. The summed E-state index contributed by atoms with van der Waals surface area (Å²) in [7, 11) is 0. The lowest BCUT2D eigenvalue weighted by Crippen LogP contribution is -2.16. The summed E-state index contributed by atoms with van der Waals surface area (Å²) < 4.78 is 2.47. The first-order valence-electron chi connectivity index (χ1n) is 27.7. The highest BCUT2D eigenvalue weighted by molar-refractivity contribution is 6.27. The van der Waals surface area contributed by atoms with Gasteiger partial charge in [-0.3, -0.25) is 0 Å². The van der Waals surface area contributed by atoms with Crippen molar-refractivity contribution in [2.24, 2.45) is 0 Å². The molecule has 12 aromatic carbocycles. The van der Waals surface area contributed by atoms with Gasteiger partial charge in [-0.05, 0) is 136 Å². The van der Waals surface area contributed by atoms with Gasteiger partial charge in [-0.1, -0.05) is 256 Å². The number of benzene rings is 12. The van der Waals surface area contributed by atoms with E-state index in [1.807, 2.05) is 0 Å². The summed E-state index contributed by atoms with van der Waals surface area (Å²) in [5.74, 6) is 0. The van der Waals surface area contributed by atoms with Gasteiger partial charge in [0.05, 0.1) is 28.1 Å². The fourth-order valence-corrected chi connectivity index (χ4v) is 12.1. The Morgan fingerprint density at radius 3 is 1.46 bits per heavy atom. The first-order valence-corrected chi connectivity index (χ1v) is 27.7. The van der Waals surface area contributed by atoms with E-state index in [-0.39, 0.29) is 16.2 Å². The van der Waals surface area contributed by atoms with Crippen molar-refractivity contribution in [2.45, 2.75) is 78.6 Å². The number of hydrogen-bond acceptors (Lipinski definition) is 1. The summed E-state index contributed by atoms with van der Waals surface area (Å²) in [6, 6.07) is 89.1. The Morgan fingerprint density at radius 1 is 0.295 bits per heavy atom. The van der Waals surface area contributed by atoms with Crippen LogP contribution in [0.25, 0.3) is 104 Å². The van der Waals surface area contributed by atoms with Crippen LogP contribution in [0.2, 0.25) is 0 Å². The first kappa shape index (κ1) is 48.9. The van der Waals surface area contributed by atoms with E-state index in [2.05, 4.69) is 308 Å². The molecule has 0 aliphatic heterocycles. The summed E-state index contributed by atoms with van der Waals surface area (Å²) in [6.45, 7) is 20.9. The molecule has 0 atom stereocenters. The Morgan fingerprint density at radius 2 is 0.821 bits per heavy atom. The average Bonchev–Trinajstić information content (AvgIpc) is 3.63. The second-order valence-corrected chi connectivity index (χ2v) is 24.6. The van der Waals surface area contributed by atoms with Crippen LogP contribution in [0, 0.1) is 0 Å². The van der Waals surface area contributed by atoms with Crippen molar-refractivity contribution < 1.29 is 0 Å². The number of anilines is 3. The van der Waals surface area contributed by atoms with Crippen molar-refractivity contribution in [3.63, 3.8) is 0 Å². The van der Waals surface area contributed by atoms with Crippen molar-refractivity contribution in [3.8, 4) is 50.2 Å². The number of hydrogen-bond donors (Lipinski definition) is 0. The minimum Gasteiger partial charge on any atom is -0.309 e. The SMILES string of the molecule is CC(C)(C)c1cc(-c2ccc(-c3cccc(N(c4cc(C(C)(C)C)ccc4-c4ccccc4-c4ccccc4)c4ccc5ccc6c(-n7c8ccccc8c8ccccc87)ccc7ccc4c5c76)c3)cc2)cc(C(C)(C)C)c1. The summed E-state index contributed by atoms with van der Waals surface area (Å²) in [6.07, 6.45) is 0. The largest absolute Gasteiger partial charge is 0.309 e. The van der Waals surface area contributed by atoms with Gasteiger partial charge in [-0.25, -0.2) is 0 Å². The Balaban J connectivity index is 1.05. The monoisotopic (exact) mass is 1010 g/mol. The molecule has 0 bridgehead atoms. The van der Waals surface area contributed by atoms with Crippen molar-refractivity contribution >= 4 is 71.2 Å². The fourth-order valence-electron chi connectivity index (χ4n) is 12.1. The Labute approximate surface area is 460 Å². The second kappa shape index (κ2) is 18.5. The molecule has 78 heavy (non-hydrogen) atoms. The molecule has 0 aliphatic rings. The summed E-state index contributed by atoms with van der Waals surface area (Å²) >= 11 is 0. The van der Waals surface area contributed by atoms with E-state index < -0.39 is 0 Å². The minimum atomic E-state index is -0.118. The third-order valence-corrected chi connectivity index (χ3v) is 16.4. The quantitative estimate of drug-likeness (QED) is 0.138. The van der Waals surface area contributed by atoms with Crippen LogP contribution in [-0.2, 0) is 16.2 Å². The van der Waals surface area contributed by atoms with Crippen LogP contribution in [0.1, 0.15) is 79.0 Å². The van der Waals surface area contributed by atoms with E-state index in [0.29, 0.717) is 0 Å². The smallest absolute Gasteiger partial charge is 0.0543 e. The summed E-state index contributed by atoms with van der Waals surface area (Å²) in [5.41, 5.74) is 20.5. The Hall–Kier alpha value is -8.72. The standard InChI is InChI=1S/C76H66N2/c1-74(2,3)56-38-41-64(61-25-14-13-24-60(61)51-20-11-10-12-21-51)71(48-56)77(59-23-19-22-54(46-59)49-30-32-50(33-31-49)55-44-57(75(4,5)6)47-58(45-55)76(7,8)9)69-42-36-52-35-40-66-70(43-37-53-34-39-65(69)72(52)73(53)66)78-67-28-17-15-26-62(67)63-27-16-18-29-68(63)78/h10-48H,1-9H3. The molecule has 0 fully saturated rings. The molecule has 380 valence electrons. The molecule has 13 aromatic rings. The topological polar surface area (TPSA) is 8.17 Å². The predicted molar refractivity (Wildman–Crippen MR) is 337 cm³/mol. The highest BCUT2D eigenvalue weighted by Crippen LogP contribution is 2.50. The van der Waals surface area contributed by atoms with Gasteiger partial charge in [0.2, 0.25) is 0 Å². The normalized spacial score (nSPS) is 12.4. The first-order chi connectivity index (χ1) is 37.6. The molecule has 0 N–H and O–H groups in total. The number of aromatic nitrogens is 1. The molecule has 0 aliphatic carbocycles. The molecule has 0 saturated heterocycles. The van der Waals surface area contributed by atoms with Gasteiger partial charge in [0, 0.05) is 32.8 Å². The van der Waals surface area contributed by atoms with Gasteiger partial charge >= 0.3 is 0 Å². The second-order valence-electron chi connectivity index (χ2n) is 24.6. The maximum atomic E-state index is 2.57. The van der Waals surface area contributed by atoms with Gasteiger partial charge in [-0.2, -0.15) is 0 Å². The lowest BCUT2D eigenvalue weighted by atomic mass is 9.79. The molecule has 2 nitrogen and oxygen atoms in total. The molecule has 0 saturated carbocycles. The number of rotatable bonds is 8. The molecule has 1 heterocycles. The van der Waals surface area contributed by atoms with Crippen LogP contribution in [0.5, 0.6) is 0 Å². The number of nitrogens with zero attached hydrogens (tertiary/aromatic N) is 2. The van der Waals surface area contributed by atoms with Crippen molar-refractivity contribution in [2.75, 3.05) is 4.90 Å². The Bertz CT molecular complexity index is 4330. The molecule has 2 heteroatoms. The lowest BCUT2D eigenvalue weighted by molar-refractivity contribution is 0.569. The predicted octanol–water partition coefficient (Wildman–Crippen LogP) is 21.7.